The van der Waals surface area contributed by atoms with Crippen molar-refractivity contribution in [2.75, 3.05) is 6.54 Å². The number of carbonyl (C=O) groups is 2. The molecule has 0 spiro atoms. The van der Waals surface area contributed by atoms with E-state index in [4.69, 9.17) is 27.9 Å². The van der Waals surface area contributed by atoms with Crippen molar-refractivity contribution in [2.24, 2.45) is 0 Å². The lowest BCUT2D eigenvalue weighted by molar-refractivity contribution is -0.125. The van der Waals surface area contributed by atoms with Crippen molar-refractivity contribution in [2.45, 2.75) is 32.0 Å². The summed E-state index contributed by atoms with van der Waals surface area (Å²) in [5.41, 5.74) is 2.09. The van der Waals surface area contributed by atoms with Crippen LogP contribution in [0.15, 0.2) is 66.9 Å². The number of hydrogen-bond donors (Lipinski definition) is 1. The Labute approximate surface area is 202 Å². The minimum atomic E-state index is -0.534. The average Bonchev–Trinajstić information content (AvgIpc) is 3.34. The highest BCUT2D eigenvalue weighted by atomic mass is 35.5. The van der Waals surface area contributed by atoms with Crippen molar-refractivity contribution in [3.63, 3.8) is 0 Å². The van der Waals surface area contributed by atoms with E-state index < -0.39 is 6.04 Å². The first kappa shape index (κ1) is 23.1. The molecule has 1 fully saturated rings. The molecule has 2 aromatic carbocycles. The number of carbonyl (C=O) groups excluding carboxylic acids is 2. The number of aromatic nitrogens is 1. The van der Waals surface area contributed by atoms with E-state index in [2.05, 4.69) is 10.3 Å². The van der Waals surface area contributed by atoms with Gasteiger partial charge < -0.3 is 15.0 Å². The van der Waals surface area contributed by atoms with Gasteiger partial charge in [-0.05, 0) is 60.9 Å². The van der Waals surface area contributed by atoms with Gasteiger partial charge in [0.15, 0.2) is 0 Å². The number of pyridine rings is 1. The lowest BCUT2D eigenvalue weighted by Gasteiger charge is -2.24. The topological polar surface area (TPSA) is 71.5 Å². The third kappa shape index (κ3) is 5.83. The predicted octanol–water partition coefficient (Wildman–Crippen LogP) is 4.89. The number of likely N-dealkylation sites (tertiary alicyclic amines) is 1. The quantitative estimate of drug-likeness (QED) is 0.519. The maximum atomic E-state index is 13.0. The summed E-state index contributed by atoms with van der Waals surface area (Å²) in [5, 5.41) is 3.68. The van der Waals surface area contributed by atoms with Crippen molar-refractivity contribution in [3.05, 3.63) is 93.7 Å². The Morgan fingerprint density at radius 1 is 1.09 bits per heavy atom. The van der Waals surface area contributed by atoms with E-state index in [1.165, 1.54) is 6.07 Å². The van der Waals surface area contributed by atoms with Gasteiger partial charge in [-0.2, -0.15) is 0 Å². The van der Waals surface area contributed by atoms with Gasteiger partial charge in [0.05, 0.1) is 16.3 Å². The van der Waals surface area contributed by atoms with E-state index in [0.29, 0.717) is 41.7 Å². The third-order valence-electron chi connectivity index (χ3n) is 5.48. The Morgan fingerprint density at radius 2 is 1.91 bits per heavy atom. The number of rotatable bonds is 7. The molecule has 170 valence electrons. The molecule has 0 radical (unpaired) electrons. The summed E-state index contributed by atoms with van der Waals surface area (Å²) < 4.78 is 5.74. The van der Waals surface area contributed by atoms with E-state index in [0.717, 1.165) is 23.4 Å². The molecule has 1 unspecified atom stereocenters. The van der Waals surface area contributed by atoms with Crippen LogP contribution in [0.3, 0.4) is 0 Å². The van der Waals surface area contributed by atoms with Crippen molar-refractivity contribution in [1.29, 1.82) is 0 Å². The van der Waals surface area contributed by atoms with Crippen LogP contribution in [0.25, 0.3) is 0 Å². The SMILES string of the molecule is O=C(NCc1ccc(OCc2ccccn2)cc1)C1CCCN1C(=O)c1cc(Cl)ccc1Cl. The Kier molecular flexibility index (Phi) is 7.47. The van der Waals surface area contributed by atoms with Gasteiger partial charge in [0.25, 0.3) is 5.91 Å². The Balaban J connectivity index is 1.32. The van der Waals surface area contributed by atoms with Gasteiger partial charge in [0.2, 0.25) is 5.91 Å². The second-order valence-corrected chi connectivity index (χ2v) is 8.60. The van der Waals surface area contributed by atoms with Gasteiger partial charge in [-0.1, -0.05) is 41.4 Å². The van der Waals surface area contributed by atoms with Crippen LogP contribution in [-0.4, -0.2) is 34.3 Å². The maximum Gasteiger partial charge on any atom is 0.256 e. The molecule has 2 heterocycles. The smallest absolute Gasteiger partial charge is 0.256 e. The Bertz CT molecular complexity index is 1120. The molecule has 1 N–H and O–H groups in total. The minimum absolute atomic E-state index is 0.186. The van der Waals surface area contributed by atoms with Crippen LogP contribution in [0.4, 0.5) is 0 Å². The van der Waals surface area contributed by atoms with E-state index in [9.17, 15) is 9.59 Å². The van der Waals surface area contributed by atoms with Gasteiger partial charge in [0.1, 0.15) is 18.4 Å². The summed E-state index contributed by atoms with van der Waals surface area (Å²) in [5.74, 6) is 0.255. The molecule has 3 aromatic rings. The predicted molar refractivity (Wildman–Crippen MR) is 127 cm³/mol. The van der Waals surface area contributed by atoms with E-state index in [1.54, 1.807) is 23.2 Å². The highest BCUT2D eigenvalue weighted by molar-refractivity contribution is 6.35. The molecule has 0 bridgehead atoms. The molecule has 1 aliphatic rings. The van der Waals surface area contributed by atoms with Crippen molar-refractivity contribution >= 4 is 35.0 Å². The third-order valence-corrected chi connectivity index (χ3v) is 6.04. The summed E-state index contributed by atoms with van der Waals surface area (Å²) in [4.78, 5) is 31.6. The molecule has 4 rings (SSSR count). The number of hydrogen-bond acceptors (Lipinski definition) is 4. The van der Waals surface area contributed by atoms with Gasteiger partial charge in [0, 0.05) is 24.3 Å². The first-order valence-electron chi connectivity index (χ1n) is 10.7. The summed E-state index contributed by atoms with van der Waals surface area (Å²) in [6, 6.07) is 17.4. The number of nitrogens with zero attached hydrogens (tertiary/aromatic N) is 2. The Morgan fingerprint density at radius 3 is 2.67 bits per heavy atom. The van der Waals surface area contributed by atoms with Crippen LogP contribution in [0.1, 0.15) is 34.5 Å². The summed E-state index contributed by atoms with van der Waals surface area (Å²) in [6.45, 7) is 1.25. The van der Waals surface area contributed by atoms with Crippen LogP contribution < -0.4 is 10.1 Å². The molecule has 1 aromatic heterocycles. The van der Waals surface area contributed by atoms with E-state index in [1.807, 2.05) is 42.5 Å². The van der Waals surface area contributed by atoms with Crippen LogP contribution in [-0.2, 0) is 17.9 Å². The normalized spacial score (nSPS) is 15.3. The van der Waals surface area contributed by atoms with Crippen LogP contribution >= 0.6 is 23.2 Å². The first-order valence-corrected chi connectivity index (χ1v) is 11.4. The largest absolute Gasteiger partial charge is 0.487 e. The lowest BCUT2D eigenvalue weighted by atomic mass is 10.1. The zero-order valence-electron chi connectivity index (χ0n) is 17.8. The molecule has 1 atom stereocenters. The summed E-state index contributed by atoms with van der Waals surface area (Å²) in [7, 11) is 0. The van der Waals surface area contributed by atoms with Crippen LogP contribution in [0, 0.1) is 0 Å². The molecule has 0 saturated carbocycles. The van der Waals surface area contributed by atoms with Crippen molar-refractivity contribution in [3.8, 4) is 5.75 Å². The zero-order chi connectivity index (χ0) is 23.2. The number of ether oxygens (including phenoxy) is 1. The molecule has 2 amide bonds. The van der Waals surface area contributed by atoms with E-state index >= 15 is 0 Å². The number of halogens is 2. The van der Waals surface area contributed by atoms with Gasteiger partial charge in [-0.25, -0.2) is 0 Å². The number of nitrogens with one attached hydrogen (secondary N) is 1. The molecule has 33 heavy (non-hydrogen) atoms. The van der Waals surface area contributed by atoms with Crippen molar-refractivity contribution < 1.29 is 14.3 Å². The first-order chi connectivity index (χ1) is 16.0. The lowest BCUT2D eigenvalue weighted by Crippen LogP contribution is -2.45. The van der Waals surface area contributed by atoms with Gasteiger partial charge in [-0.3, -0.25) is 14.6 Å². The second-order valence-electron chi connectivity index (χ2n) is 7.75. The zero-order valence-corrected chi connectivity index (χ0v) is 19.4. The molecule has 1 aliphatic heterocycles. The summed E-state index contributed by atoms with van der Waals surface area (Å²) >= 11 is 12.2. The number of amides is 2. The summed E-state index contributed by atoms with van der Waals surface area (Å²) in [6.07, 6.45) is 3.09. The fraction of sp³-hybridized carbons (Fsp3) is 0.240. The molecular formula is C25H23Cl2N3O3. The highest BCUT2D eigenvalue weighted by Crippen LogP contribution is 2.26. The number of benzene rings is 2. The van der Waals surface area contributed by atoms with Gasteiger partial charge in [-0.15, -0.1) is 0 Å². The molecular weight excluding hydrogens is 461 g/mol. The standard InChI is InChI=1S/C25H23Cl2N3O3/c26-18-8-11-22(27)21(14-18)25(32)30-13-3-5-23(30)24(31)29-15-17-6-9-20(10-7-17)33-16-19-4-1-2-12-28-19/h1-2,4,6-12,14,23H,3,5,13,15-16H2,(H,29,31). The molecule has 1 saturated heterocycles. The molecule has 0 aliphatic carbocycles. The maximum absolute atomic E-state index is 13.0. The van der Waals surface area contributed by atoms with Crippen molar-refractivity contribution in [1.82, 2.24) is 15.2 Å². The van der Waals surface area contributed by atoms with Crippen LogP contribution in [0.5, 0.6) is 5.75 Å². The highest BCUT2D eigenvalue weighted by Gasteiger charge is 2.35. The minimum Gasteiger partial charge on any atom is -0.487 e. The average molecular weight is 484 g/mol. The molecule has 8 heteroatoms. The fourth-order valence-electron chi connectivity index (χ4n) is 3.75. The van der Waals surface area contributed by atoms with Gasteiger partial charge >= 0.3 is 0 Å². The molecule has 6 nitrogen and oxygen atoms in total. The second kappa shape index (κ2) is 10.7. The Hall–Kier alpha value is -3.09. The van der Waals surface area contributed by atoms with E-state index in [-0.39, 0.29) is 11.8 Å². The fourth-order valence-corrected chi connectivity index (χ4v) is 4.12. The van der Waals surface area contributed by atoms with Crippen LogP contribution in [0.2, 0.25) is 10.0 Å². The monoisotopic (exact) mass is 483 g/mol.